The van der Waals surface area contributed by atoms with Gasteiger partial charge in [0, 0.05) is 9.95 Å². The molecule has 0 radical (unpaired) electrons. The van der Waals surface area contributed by atoms with E-state index in [4.69, 9.17) is 21.1 Å². The number of nitro groups is 1. The normalized spacial score (nSPS) is 10.8. The van der Waals surface area contributed by atoms with Crippen molar-refractivity contribution in [1.82, 2.24) is 0 Å². The zero-order valence-corrected chi connectivity index (χ0v) is 11.5. The van der Waals surface area contributed by atoms with Crippen LogP contribution in [0.3, 0.4) is 0 Å². The minimum Gasteiger partial charge on any atom is -0.500 e. The van der Waals surface area contributed by atoms with Crippen molar-refractivity contribution >= 4 is 17.6 Å². The van der Waals surface area contributed by atoms with Crippen LogP contribution in [-0.4, -0.2) is 25.1 Å². The molecule has 0 aromatic heterocycles. The third-order valence-electron chi connectivity index (χ3n) is 2.15. The van der Waals surface area contributed by atoms with Crippen molar-refractivity contribution in [2.75, 3.05) is 14.2 Å². The number of rotatable bonds is 6. The van der Waals surface area contributed by atoms with Crippen molar-refractivity contribution in [3.63, 3.8) is 0 Å². The molecular formula is C12H12ClNO6. The van der Waals surface area contributed by atoms with E-state index in [1.54, 1.807) is 0 Å². The number of carbonyl (C=O) groups is 1. The Kier molecular flexibility index (Phi) is 5.79. The summed E-state index contributed by atoms with van der Waals surface area (Å²) >= 11 is 5.78. The molecule has 0 spiro atoms. The molecule has 1 aromatic rings. The number of methoxy groups -OCH3 is 2. The summed E-state index contributed by atoms with van der Waals surface area (Å²) in [5, 5.41) is 10.9. The van der Waals surface area contributed by atoms with E-state index in [0.29, 0.717) is 5.02 Å². The van der Waals surface area contributed by atoms with Crippen LogP contribution in [0.25, 0.3) is 0 Å². The Morgan fingerprint density at radius 3 is 2.70 bits per heavy atom. The van der Waals surface area contributed by atoms with Gasteiger partial charge >= 0.3 is 5.97 Å². The van der Waals surface area contributed by atoms with E-state index in [1.807, 2.05) is 0 Å². The number of esters is 1. The highest BCUT2D eigenvalue weighted by Crippen LogP contribution is 2.25. The summed E-state index contributed by atoms with van der Waals surface area (Å²) in [5.74, 6) is -0.879. The molecule has 0 N–H and O–H groups in total. The topological polar surface area (TPSA) is 87.9 Å². The van der Waals surface area contributed by atoms with E-state index in [0.717, 1.165) is 6.26 Å². The van der Waals surface area contributed by atoms with Crippen LogP contribution in [0.1, 0.15) is 5.56 Å². The molecule has 108 valence electrons. The average Bonchev–Trinajstić information content (AvgIpc) is 2.39. The van der Waals surface area contributed by atoms with E-state index in [9.17, 15) is 14.9 Å². The van der Waals surface area contributed by atoms with Crippen LogP contribution in [0, 0.1) is 10.1 Å². The fourth-order valence-electron chi connectivity index (χ4n) is 1.35. The van der Waals surface area contributed by atoms with E-state index in [-0.39, 0.29) is 17.1 Å². The van der Waals surface area contributed by atoms with Gasteiger partial charge in [0.05, 0.1) is 19.8 Å². The number of nitrogens with zero attached hydrogens (tertiary/aromatic N) is 1. The fraction of sp³-hybridized carbons (Fsp3) is 0.250. The van der Waals surface area contributed by atoms with Gasteiger partial charge in [-0.3, -0.25) is 10.1 Å². The zero-order chi connectivity index (χ0) is 15.1. The molecule has 8 heteroatoms. The Morgan fingerprint density at radius 1 is 1.45 bits per heavy atom. The van der Waals surface area contributed by atoms with Crippen molar-refractivity contribution in [2.45, 2.75) is 6.54 Å². The molecule has 0 aliphatic carbocycles. The van der Waals surface area contributed by atoms with Crippen LogP contribution in [0.2, 0.25) is 5.02 Å². The first-order valence-electron chi connectivity index (χ1n) is 5.37. The predicted molar refractivity (Wildman–Crippen MR) is 69.9 cm³/mol. The van der Waals surface area contributed by atoms with Gasteiger partial charge in [-0.25, -0.2) is 4.79 Å². The van der Waals surface area contributed by atoms with Crippen LogP contribution in [0.15, 0.2) is 30.2 Å². The quantitative estimate of drug-likeness (QED) is 0.263. The molecule has 0 atom stereocenters. The van der Waals surface area contributed by atoms with Crippen LogP contribution in [-0.2, 0) is 20.8 Å². The summed E-state index contributed by atoms with van der Waals surface area (Å²) in [6.07, 6.45) is 1.04. The van der Waals surface area contributed by atoms with Crippen LogP contribution in [0.5, 0.6) is 5.75 Å². The summed E-state index contributed by atoms with van der Waals surface area (Å²) in [4.78, 5) is 21.5. The van der Waals surface area contributed by atoms with Crippen LogP contribution < -0.4 is 4.74 Å². The molecule has 0 unspecified atom stereocenters. The monoisotopic (exact) mass is 301 g/mol. The molecule has 1 aromatic carbocycles. The molecule has 0 heterocycles. The fourth-order valence-corrected chi connectivity index (χ4v) is 1.54. The van der Waals surface area contributed by atoms with Gasteiger partial charge < -0.3 is 14.2 Å². The minimum absolute atomic E-state index is 0.125. The molecule has 1 rings (SSSR count). The molecule has 20 heavy (non-hydrogen) atoms. The molecule has 0 aliphatic rings. The number of hydrogen-bond donors (Lipinski definition) is 0. The second-order valence-corrected chi connectivity index (χ2v) is 3.99. The molecule has 0 aliphatic heterocycles. The lowest BCUT2D eigenvalue weighted by Crippen LogP contribution is -2.12. The molecule has 0 bridgehead atoms. The molecular weight excluding hydrogens is 290 g/mol. The second-order valence-electron chi connectivity index (χ2n) is 3.55. The van der Waals surface area contributed by atoms with E-state index >= 15 is 0 Å². The molecule has 0 amide bonds. The molecule has 0 saturated carbocycles. The maximum atomic E-state index is 11.5. The first-order valence-corrected chi connectivity index (χ1v) is 5.75. The van der Waals surface area contributed by atoms with E-state index < -0.39 is 17.4 Å². The van der Waals surface area contributed by atoms with Gasteiger partial charge in [-0.15, -0.1) is 0 Å². The summed E-state index contributed by atoms with van der Waals surface area (Å²) in [5.41, 5.74) is 0.230. The Bertz CT molecular complexity index is 543. The van der Waals surface area contributed by atoms with Gasteiger partial charge in [0.25, 0.3) is 0 Å². The SMILES string of the molecule is COC=C(Oc1ccc(Cl)cc1C[N+](=O)[O-])C(=O)OC. The standard InChI is InChI=1S/C12H12ClNO6/c1-18-7-11(12(15)19-2)20-10-4-3-9(13)5-8(10)6-14(16)17/h3-5,7H,6H2,1-2H3. The highest BCUT2D eigenvalue weighted by molar-refractivity contribution is 6.30. The molecule has 0 fully saturated rings. The lowest BCUT2D eigenvalue weighted by atomic mass is 10.2. The Balaban J connectivity index is 3.09. The maximum Gasteiger partial charge on any atom is 0.377 e. The Morgan fingerprint density at radius 2 is 2.15 bits per heavy atom. The van der Waals surface area contributed by atoms with Crippen LogP contribution in [0.4, 0.5) is 0 Å². The van der Waals surface area contributed by atoms with Gasteiger partial charge in [0.2, 0.25) is 12.3 Å². The summed E-state index contributed by atoms with van der Waals surface area (Å²) in [6.45, 7) is -0.489. The van der Waals surface area contributed by atoms with Gasteiger partial charge in [-0.05, 0) is 18.2 Å². The first kappa shape index (κ1) is 15.8. The number of hydrogen-bond acceptors (Lipinski definition) is 6. The lowest BCUT2D eigenvalue weighted by Gasteiger charge is -2.10. The number of ether oxygens (including phenoxy) is 3. The molecule has 0 saturated heterocycles. The summed E-state index contributed by atoms with van der Waals surface area (Å²) in [7, 11) is 2.50. The van der Waals surface area contributed by atoms with Gasteiger partial charge in [-0.1, -0.05) is 11.6 Å². The second kappa shape index (κ2) is 7.34. The van der Waals surface area contributed by atoms with Crippen molar-refractivity contribution < 1.29 is 23.9 Å². The van der Waals surface area contributed by atoms with E-state index in [2.05, 4.69) is 4.74 Å². The zero-order valence-electron chi connectivity index (χ0n) is 10.8. The van der Waals surface area contributed by atoms with Gasteiger partial charge in [0.1, 0.15) is 12.0 Å². The highest BCUT2D eigenvalue weighted by Gasteiger charge is 2.17. The third-order valence-corrected chi connectivity index (χ3v) is 2.39. The largest absolute Gasteiger partial charge is 0.500 e. The average molecular weight is 302 g/mol. The number of halogens is 1. The summed E-state index contributed by atoms with van der Waals surface area (Å²) < 4.78 is 14.5. The first-order chi connectivity index (χ1) is 9.47. The number of carbonyl (C=O) groups excluding carboxylic acids is 1. The van der Waals surface area contributed by atoms with Crippen molar-refractivity contribution in [3.05, 3.63) is 50.9 Å². The summed E-state index contributed by atoms with van der Waals surface area (Å²) in [6, 6.07) is 4.30. The minimum atomic E-state index is -0.770. The van der Waals surface area contributed by atoms with Crippen molar-refractivity contribution in [2.24, 2.45) is 0 Å². The smallest absolute Gasteiger partial charge is 0.377 e. The van der Waals surface area contributed by atoms with Crippen molar-refractivity contribution in [1.29, 1.82) is 0 Å². The van der Waals surface area contributed by atoms with Gasteiger partial charge in [-0.2, -0.15) is 0 Å². The Hall–Kier alpha value is -2.28. The Labute approximate surface area is 119 Å². The van der Waals surface area contributed by atoms with Crippen molar-refractivity contribution in [3.8, 4) is 5.75 Å². The van der Waals surface area contributed by atoms with Crippen LogP contribution >= 0.6 is 11.6 Å². The third kappa shape index (κ3) is 4.43. The highest BCUT2D eigenvalue weighted by atomic mass is 35.5. The molecule has 7 nitrogen and oxygen atoms in total. The maximum absolute atomic E-state index is 11.5. The number of benzene rings is 1. The lowest BCUT2D eigenvalue weighted by molar-refractivity contribution is -0.496. The predicted octanol–water partition coefficient (Wildman–Crippen LogP) is 2.16. The van der Waals surface area contributed by atoms with E-state index in [1.165, 1.54) is 32.4 Å². The van der Waals surface area contributed by atoms with Gasteiger partial charge in [0.15, 0.2) is 0 Å².